The third-order valence-electron chi connectivity index (χ3n) is 1.89. The Hall–Kier alpha value is 0.140. The van der Waals surface area contributed by atoms with Crippen LogP contribution in [0, 0.1) is 0 Å². The average Bonchev–Trinajstić information content (AvgIpc) is 2.23. The summed E-state index contributed by atoms with van der Waals surface area (Å²) >= 11 is 29.2. The number of hydrogen-bond donors (Lipinski definition) is 1. The maximum absolute atomic E-state index is 10.5. The monoisotopic (exact) mass is 320 g/mol. The van der Waals surface area contributed by atoms with Crippen LogP contribution in [-0.2, 0) is 11.2 Å². The highest BCUT2D eigenvalue weighted by Crippen LogP contribution is 2.44. The van der Waals surface area contributed by atoms with Gasteiger partial charge in [-0.15, -0.1) is 0 Å². The van der Waals surface area contributed by atoms with Crippen molar-refractivity contribution < 1.29 is 9.90 Å². The van der Waals surface area contributed by atoms with Crippen molar-refractivity contribution in [1.29, 1.82) is 0 Å². The van der Waals surface area contributed by atoms with Crippen molar-refractivity contribution >= 4 is 64.0 Å². The molecule has 0 aliphatic heterocycles. The highest BCUT2D eigenvalue weighted by Gasteiger charge is 2.19. The summed E-state index contributed by atoms with van der Waals surface area (Å²) < 4.78 is 0. The third kappa shape index (κ3) is 2.88. The zero-order chi connectivity index (χ0) is 12.5. The molecule has 0 amide bonds. The normalized spacial score (nSPS) is 10.6. The summed E-state index contributed by atoms with van der Waals surface area (Å²) in [4.78, 5) is 10.5. The lowest BCUT2D eigenvalue weighted by Gasteiger charge is -2.11. The molecule has 88 valence electrons. The fourth-order valence-electron chi connectivity index (χ4n) is 1.10. The molecule has 0 saturated heterocycles. The first-order chi connectivity index (χ1) is 7.36. The number of rotatable bonds is 3. The highest BCUT2D eigenvalue weighted by molar-refractivity contribution is 6.55. The van der Waals surface area contributed by atoms with Crippen LogP contribution in [0.4, 0.5) is 0 Å². The number of hydrogen-bond acceptors (Lipinski definition) is 1. The van der Waals surface area contributed by atoms with Crippen molar-refractivity contribution in [1.82, 2.24) is 0 Å². The first-order valence-electron chi connectivity index (χ1n) is 4.08. The zero-order valence-electron chi connectivity index (χ0n) is 7.66. The van der Waals surface area contributed by atoms with Crippen molar-refractivity contribution in [3.8, 4) is 0 Å². The summed E-state index contributed by atoms with van der Waals surface area (Å²) in [6, 6.07) is 0. The van der Waals surface area contributed by atoms with Gasteiger partial charge in [-0.2, -0.15) is 0 Å². The topological polar surface area (TPSA) is 37.3 Å². The van der Waals surface area contributed by atoms with Gasteiger partial charge in [0.2, 0.25) is 0 Å². The molecule has 0 bridgehead atoms. The summed E-state index contributed by atoms with van der Waals surface area (Å²) in [5, 5.41) is 9.08. The van der Waals surface area contributed by atoms with Crippen LogP contribution in [0.5, 0.6) is 0 Å². The Bertz CT molecular complexity index is 415. The largest absolute Gasteiger partial charge is 0.481 e. The molecule has 0 heterocycles. The van der Waals surface area contributed by atoms with Gasteiger partial charge in [-0.05, 0) is 12.0 Å². The molecule has 0 atom stereocenters. The van der Waals surface area contributed by atoms with Gasteiger partial charge in [-0.1, -0.05) is 58.0 Å². The number of carboxylic acid groups (broad SMARTS) is 1. The molecular weight excluding hydrogens is 317 g/mol. The number of halogens is 5. The minimum absolute atomic E-state index is 0.0670. The van der Waals surface area contributed by atoms with Crippen molar-refractivity contribution in [2.45, 2.75) is 12.8 Å². The Balaban J connectivity index is 3.23. The van der Waals surface area contributed by atoms with Crippen LogP contribution in [0.25, 0.3) is 0 Å². The Labute approximate surface area is 117 Å². The SMILES string of the molecule is O=C(O)CCc1c(Cl)c(Cl)c(Cl)c(Cl)c1Cl. The van der Waals surface area contributed by atoms with Gasteiger partial charge >= 0.3 is 5.97 Å². The zero-order valence-corrected chi connectivity index (χ0v) is 11.4. The fraction of sp³-hybridized carbons (Fsp3) is 0.222. The Kier molecular flexibility index (Phi) is 5.02. The van der Waals surface area contributed by atoms with E-state index >= 15 is 0 Å². The Morgan fingerprint density at radius 3 is 1.62 bits per heavy atom. The molecule has 0 saturated carbocycles. The number of carbonyl (C=O) groups is 1. The van der Waals surface area contributed by atoms with Gasteiger partial charge < -0.3 is 5.11 Å². The first kappa shape index (κ1) is 14.2. The quantitative estimate of drug-likeness (QED) is 0.630. The van der Waals surface area contributed by atoms with E-state index < -0.39 is 5.97 Å². The van der Waals surface area contributed by atoms with E-state index in [1.54, 1.807) is 0 Å². The van der Waals surface area contributed by atoms with Gasteiger partial charge in [0.15, 0.2) is 0 Å². The summed E-state index contributed by atoms with van der Waals surface area (Å²) in [7, 11) is 0. The predicted molar refractivity (Wildman–Crippen MR) is 67.4 cm³/mol. The molecule has 0 unspecified atom stereocenters. The lowest BCUT2D eigenvalue weighted by Crippen LogP contribution is -1.99. The minimum atomic E-state index is -0.964. The average molecular weight is 322 g/mol. The molecule has 1 N–H and O–H groups in total. The predicted octanol–water partition coefficient (Wildman–Crippen LogP) is 4.97. The summed E-state index contributed by atoms with van der Waals surface area (Å²) in [6.45, 7) is 0. The second-order valence-corrected chi connectivity index (χ2v) is 4.83. The lowest BCUT2D eigenvalue weighted by atomic mass is 10.1. The van der Waals surface area contributed by atoms with E-state index in [-0.39, 0.29) is 38.0 Å². The summed E-state index contributed by atoms with van der Waals surface area (Å²) in [6.07, 6.45) is 0.0251. The van der Waals surface area contributed by atoms with E-state index in [0.717, 1.165) is 0 Å². The van der Waals surface area contributed by atoms with Gasteiger partial charge in [-0.25, -0.2) is 0 Å². The van der Waals surface area contributed by atoms with Crippen LogP contribution in [-0.4, -0.2) is 11.1 Å². The highest BCUT2D eigenvalue weighted by atomic mass is 35.5. The second-order valence-electron chi connectivity index (χ2n) is 2.94. The molecule has 0 radical (unpaired) electrons. The minimum Gasteiger partial charge on any atom is -0.481 e. The molecule has 0 spiro atoms. The van der Waals surface area contributed by atoms with E-state index in [1.165, 1.54) is 0 Å². The molecule has 1 aromatic rings. The standard InChI is InChI=1S/C9H5Cl5O2/c10-5-3(1-2-4(15)16)6(11)8(13)9(14)7(5)12/h1-2H2,(H,15,16). The van der Waals surface area contributed by atoms with Crippen LogP contribution in [0.1, 0.15) is 12.0 Å². The number of aliphatic carboxylic acids is 1. The second kappa shape index (κ2) is 5.65. The summed E-state index contributed by atoms with van der Waals surface area (Å²) in [5.41, 5.74) is 0.394. The maximum Gasteiger partial charge on any atom is 0.303 e. The van der Waals surface area contributed by atoms with Crippen molar-refractivity contribution in [3.05, 3.63) is 30.7 Å². The van der Waals surface area contributed by atoms with Crippen molar-refractivity contribution in [3.63, 3.8) is 0 Å². The number of benzene rings is 1. The molecule has 0 aromatic heterocycles. The van der Waals surface area contributed by atoms with Crippen molar-refractivity contribution in [2.24, 2.45) is 0 Å². The molecule has 1 aromatic carbocycles. The van der Waals surface area contributed by atoms with Gasteiger partial charge in [0.25, 0.3) is 0 Å². The number of carboxylic acids is 1. The Morgan fingerprint density at radius 2 is 1.25 bits per heavy atom. The van der Waals surface area contributed by atoms with Gasteiger partial charge in [0.1, 0.15) is 0 Å². The van der Waals surface area contributed by atoms with Crippen LogP contribution >= 0.6 is 58.0 Å². The molecule has 0 aliphatic rings. The van der Waals surface area contributed by atoms with Gasteiger partial charge in [0, 0.05) is 6.42 Å². The smallest absolute Gasteiger partial charge is 0.303 e. The van der Waals surface area contributed by atoms with Crippen LogP contribution in [0.2, 0.25) is 25.1 Å². The molecular formula is C9H5Cl5O2. The van der Waals surface area contributed by atoms with E-state index in [4.69, 9.17) is 63.1 Å². The fourth-order valence-corrected chi connectivity index (χ4v) is 2.47. The first-order valence-corrected chi connectivity index (χ1v) is 5.97. The Morgan fingerprint density at radius 1 is 0.875 bits per heavy atom. The van der Waals surface area contributed by atoms with Crippen LogP contribution in [0.15, 0.2) is 0 Å². The maximum atomic E-state index is 10.5. The van der Waals surface area contributed by atoms with E-state index in [2.05, 4.69) is 0 Å². The van der Waals surface area contributed by atoms with Crippen LogP contribution < -0.4 is 0 Å². The van der Waals surface area contributed by atoms with Gasteiger partial charge in [-0.3, -0.25) is 4.79 Å². The molecule has 0 fully saturated rings. The summed E-state index contributed by atoms with van der Waals surface area (Å²) in [5.74, 6) is -0.964. The van der Waals surface area contributed by atoms with Crippen molar-refractivity contribution in [2.75, 3.05) is 0 Å². The third-order valence-corrected chi connectivity index (χ3v) is 4.24. The van der Waals surface area contributed by atoms with E-state index in [1.807, 2.05) is 0 Å². The van der Waals surface area contributed by atoms with Gasteiger partial charge in [0.05, 0.1) is 25.1 Å². The van der Waals surface area contributed by atoms with Crippen LogP contribution in [0.3, 0.4) is 0 Å². The molecule has 0 aliphatic carbocycles. The van der Waals surface area contributed by atoms with E-state index in [0.29, 0.717) is 5.56 Å². The van der Waals surface area contributed by atoms with E-state index in [9.17, 15) is 4.79 Å². The lowest BCUT2D eigenvalue weighted by molar-refractivity contribution is -0.136. The molecule has 2 nitrogen and oxygen atoms in total. The molecule has 7 heteroatoms. The molecule has 1 rings (SSSR count). The molecule has 16 heavy (non-hydrogen) atoms.